The minimum atomic E-state index is -3.87. The van der Waals surface area contributed by atoms with Crippen LogP contribution in [0, 0.1) is 5.82 Å². The van der Waals surface area contributed by atoms with E-state index >= 15 is 0 Å². The molecule has 0 spiro atoms. The summed E-state index contributed by atoms with van der Waals surface area (Å²) in [6.45, 7) is 1.91. The van der Waals surface area contributed by atoms with E-state index in [0.717, 1.165) is 11.8 Å². The highest BCUT2D eigenvalue weighted by Gasteiger charge is 2.17. The van der Waals surface area contributed by atoms with Crippen molar-refractivity contribution in [3.05, 3.63) is 54.1 Å². The summed E-state index contributed by atoms with van der Waals surface area (Å²) in [6.07, 6.45) is 2.95. The Morgan fingerprint density at radius 1 is 1.38 bits per heavy atom. The number of sulfonamides is 1. The van der Waals surface area contributed by atoms with Gasteiger partial charge in [0.25, 0.3) is 10.0 Å². The van der Waals surface area contributed by atoms with Crippen molar-refractivity contribution in [2.75, 3.05) is 4.72 Å². The number of hydrogen-bond acceptors (Lipinski definition) is 4. The van der Waals surface area contributed by atoms with Gasteiger partial charge in [0.2, 0.25) is 0 Å². The van der Waals surface area contributed by atoms with Crippen LogP contribution in [0.3, 0.4) is 0 Å². The number of halogens is 1. The SMILES string of the molecule is CCC(N)c1cccc(S(=O)(=O)Nc2ccncc2F)c1. The van der Waals surface area contributed by atoms with Crippen LogP contribution in [0.4, 0.5) is 10.1 Å². The lowest BCUT2D eigenvalue weighted by atomic mass is 10.1. The number of nitrogens with zero attached hydrogens (tertiary/aromatic N) is 1. The average molecular weight is 309 g/mol. The minimum Gasteiger partial charge on any atom is -0.324 e. The molecule has 7 heteroatoms. The number of nitrogens with two attached hydrogens (primary N) is 1. The maximum Gasteiger partial charge on any atom is 0.261 e. The first kappa shape index (κ1) is 15.4. The lowest BCUT2D eigenvalue weighted by Gasteiger charge is -2.12. The normalized spacial score (nSPS) is 12.9. The highest BCUT2D eigenvalue weighted by molar-refractivity contribution is 7.92. The fourth-order valence-corrected chi connectivity index (χ4v) is 2.93. The molecule has 1 aromatic heterocycles. The van der Waals surface area contributed by atoms with Gasteiger partial charge in [-0.1, -0.05) is 19.1 Å². The van der Waals surface area contributed by atoms with Gasteiger partial charge in [0.1, 0.15) is 0 Å². The van der Waals surface area contributed by atoms with Crippen LogP contribution in [0.15, 0.2) is 47.6 Å². The zero-order valence-electron chi connectivity index (χ0n) is 11.5. The van der Waals surface area contributed by atoms with Crippen LogP contribution in [0.25, 0.3) is 0 Å². The van der Waals surface area contributed by atoms with Crippen molar-refractivity contribution in [1.82, 2.24) is 4.98 Å². The Balaban J connectivity index is 2.34. The maximum absolute atomic E-state index is 13.5. The summed E-state index contributed by atoms with van der Waals surface area (Å²) >= 11 is 0. The van der Waals surface area contributed by atoms with E-state index in [-0.39, 0.29) is 16.6 Å². The molecule has 1 aromatic carbocycles. The van der Waals surface area contributed by atoms with Crippen molar-refractivity contribution in [2.24, 2.45) is 5.73 Å². The summed E-state index contributed by atoms with van der Waals surface area (Å²) in [4.78, 5) is 3.61. The Labute approximate surface area is 123 Å². The molecule has 1 heterocycles. The zero-order chi connectivity index (χ0) is 15.5. The summed E-state index contributed by atoms with van der Waals surface area (Å²) < 4.78 is 40.2. The van der Waals surface area contributed by atoms with Crippen LogP contribution >= 0.6 is 0 Å². The molecule has 2 aromatic rings. The number of anilines is 1. The molecule has 0 aliphatic heterocycles. The van der Waals surface area contributed by atoms with Crippen molar-refractivity contribution in [3.8, 4) is 0 Å². The van der Waals surface area contributed by atoms with E-state index in [1.54, 1.807) is 12.1 Å². The average Bonchev–Trinajstić information content (AvgIpc) is 2.49. The molecule has 0 saturated heterocycles. The van der Waals surface area contributed by atoms with Gasteiger partial charge >= 0.3 is 0 Å². The van der Waals surface area contributed by atoms with Crippen molar-refractivity contribution in [1.29, 1.82) is 0 Å². The molecule has 1 atom stereocenters. The minimum absolute atomic E-state index is 0.0418. The Kier molecular flexibility index (Phi) is 4.54. The quantitative estimate of drug-likeness (QED) is 0.888. The van der Waals surface area contributed by atoms with Gasteiger partial charge in [-0.05, 0) is 30.2 Å². The van der Waals surface area contributed by atoms with E-state index in [2.05, 4.69) is 9.71 Å². The Bertz CT molecular complexity index is 735. The predicted molar refractivity (Wildman–Crippen MR) is 78.7 cm³/mol. The highest BCUT2D eigenvalue weighted by Crippen LogP contribution is 2.21. The second-order valence-electron chi connectivity index (χ2n) is 4.55. The van der Waals surface area contributed by atoms with Crippen LogP contribution in [-0.2, 0) is 10.0 Å². The molecule has 0 bridgehead atoms. The standard InChI is InChI=1S/C14H16FN3O2S/c1-2-13(16)10-4-3-5-11(8-10)21(19,20)18-14-6-7-17-9-12(14)15/h3-9,13H,2,16H2,1H3,(H,17,18). The monoisotopic (exact) mass is 309 g/mol. The van der Waals surface area contributed by atoms with Crippen molar-refractivity contribution < 1.29 is 12.8 Å². The molecule has 2 rings (SSSR count). The molecule has 0 radical (unpaired) electrons. The Morgan fingerprint density at radius 3 is 2.81 bits per heavy atom. The second-order valence-corrected chi connectivity index (χ2v) is 6.23. The maximum atomic E-state index is 13.5. The molecular weight excluding hydrogens is 293 g/mol. The lowest BCUT2D eigenvalue weighted by molar-refractivity contribution is 0.597. The molecule has 1 unspecified atom stereocenters. The smallest absolute Gasteiger partial charge is 0.261 e. The lowest BCUT2D eigenvalue weighted by Crippen LogP contribution is -2.15. The van der Waals surface area contributed by atoms with E-state index in [0.29, 0.717) is 6.42 Å². The molecule has 5 nitrogen and oxygen atoms in total. The van der Waals surface area contributed by atoms with Gasteiger partial charge in [0, 0.05) is 12.2 Å². The first-order valence-electron chi connectivity index (χ1n) is 6.42. The van der Waals surface area contributed by atoms with E-state index in [1.807, 2.05) is 6.92 Å². The number of benzene rings is 1. The van der Waals surface area contributed by atoms with E-state index in [1.165, 1.54) is 24.4 Å². The largest absolute Gasteiger partial charge is 0.324 e. The molecule has 0 saturated carbocycles. The number of aromatic nitrogens is 1. The Morgan fingerprint density at radius 2 is 2.14 bits per heavy atom. The first-order chi connectivity index (χ1) is 9.94. The van der Waals surface area contributed by atoms with Gasteiger partial charge in [-0.3, -0.25) is 9.71 Å². The fourth-order valence-electron chi connectivity index (χ4n) is 1.81. The van der Waals surface area contributed by atoms with Gasteiger partial charge < -0.3 is 5.73 Å². The van der Waals surface area contributed by atoms with Crippen molar-refractivity contribution in [2.45, 2.75) is 24.3 Å². The predicted octanol–water partition coefficient (Wildman–Crippen LogP) is 2.43. The highest BCUT2D eigenvalue weighted by atomic mass is 32.2. The van der Waals surface area contributed by atoms with E-state index in [9.17, 15) is 12.8 Å². The number of rotatable bonds is 5. The number of pyridine rings is 1. The molecule has 0 amide bonds. The van der Waals surface area contributed by atoms with Crippen LogP contribution in [-0.4, -0.2) is 13.4 Å². The summed E-state index contributed by atoms with van der Waals surface area (Å²) in [5.41, 5.74) is 6.47. The van der Waals surface area contributed by atoms with Gasteiger partial charge in [0.15, 0.2) is 5.82 Å². The van der Waals surface area contributed by atoms with Crippen molar-refractivity contribution in [3.63, 3.8) is 0 Å². The van der Waals surface area contributed by atoms with Crippen LogP contribution in [0.5, 0.6) is 0 Å². The van der Waals surface area contributed by atoms with Gasteiger partial charge in [-0.25, -0.2) is 12.8 Å². The van der Waals surface area contributed by atoms with Crippen molar-refractivity contribution >= 4 is 15.7 Å². The molecule has 0 fully saturated rings. The summed E-state index contributed by atoms with van der Waals surface area (Å²) in [5.74, 6) is -0.734. The van der Waals surface area contributed by atoms with Gasteiger partial charge in [-0.15, -0.1) is 0 Å². The fraction of sp³-hybridized carbons (Fsp3) is 0.214. The Hall–Kier alpha value is -1.99. The molecule has 0 aliphatic rings. The molecular formula is C14H16FN3O2S. The first-order valence-corrected chi connectivity index (χ1v) is 7.90. The van der Waals surface area contributed by atoms with E-state index < -0.39 is 15.8 Å². The van der Waals surface area contributed by atoms with Crippen LogP contribution < -0.4 is 10.5 Å². The summed E-state index contributed by atoms with van der Waals surface area (Å²) in [6, 6.07) is 7.33. The summed E-state index contributed by atoms with van der Waals surface area (Å²) in [7, 11) is -3.87. The van der Waals surface area contributed by atoms with Gasteiger partial charge in [0.05, 0.1) is 16.8 Å². The zero-order valence-corrected chi connectivity index (χ0v) is 12.3. The number of hydrogen-bond donors (Lipinski definition) is 2. The third kappa shape index (κ3) is 3.56. The van der Waals surface area contributed by atoms with E-state index in [4.69, 9.17) is 5.73 Å². The third-order valence-electron chi connectivity index (χ3n) is 3.05. The van der Waals surface area contributed by atoms with Crippen LogP contribution in [0.2, 0.25) is 0 Å². The second kappa shape index (κ2) is 6.19. The summed E-state index contributed by atoms with van der Waals surface area (Å²) in [5, 5.41) is 0. The molecule has 3 N–H and O–H groups in total. The number of nitrogens with one attached hydrogen (secondary N) is 1. The van der Waals surface area contributed by atoms with Gasteiger partial charge in [-0.2, -0.15) is 0 Å². The molecule has 21 heavy (non-hydrogen) atoms. The topological polar surface area (TPSA) is 85.1 Å². The molecule has 0 aliphatic carbocycles. The molecule has 112 valence electrons. The van der Waals surface area contributed by atoms with Crippen LogP contribution in [0.1, 0.15) is 24.9 Å². The third-order valence-corrected chi connectivity index (χ3v) is 4.42.